The van der Waals surface area contributed by atoms with Crippen molar-refractivity contribution in [1.82, 2.24) is 24.6 Å². The summed E-state index contributed by atoms with van der Waals surface area (Å²) in [7, 11) is 1.69. The number of anilines is 1. The zero-order valence-corrected chi connectivity index (χ0v) is 20.5. The third-order valence-corrected chi connectivity index (χ3v) is 7.11. The fourth-order valence-corrected chi connectivity index (χ4v) is 5.15. The molecule has 6 rings (SSSR count). The van der Waals surface area contributed by atoms with Crippen LogP contribution in [0.25, 0.3) is 38.8 Å². The molecule has 0 aliphatic carbocycles. The van der Waals surface area contributed by atoms with Crippen molar-refractivity contribution in [3.8, 4) is 33.7 Å². The Morgan fingerprint density at radius 3 is 2.47 bits per heavy atom. The molecule has 3 aromatic carbocycles. The van der Waals surface area contributed by atoms with Crippen LogP contribution in [0.4, 0.5) is 5.69 Å². The maximum Gasteiger partial charge on any atom is 0.332 e. The van der Waals surface area contributed by atoms with Gasteiger partial charge in [0, 0.05) is 67.8 Å². The van der Waals surface area contributed by atoms with Crippen LogP contribution < -0.4 is 15.9 Å². The Balaban J connectivity index is 1.43. The summed E-state index contributed by atoms with van der Waals surface area (Å²) in [6.07, 6.45) is 5.23. The highest BCUT2D eigenvalue weighted by Gasteiger charge is 2.19. The van der Waals surface area contributed by atoms with Gasteiger partial charge in [0.1, 0.15) is 5.75 Å². The van der Waals surface area contributed by atoms with Crippen LogP contribution in [0.5, 0.6) is 5.75 Å². The van der Waals surface area contributed by atoms with Gasteiger partial charge in [-0.05, 0) is 35.4 Å². The number of phenols is 1. The summed E-state index contributed by atoms with van der Waals surface area (Å²) in [6.45, 7) is 3.67. The first-order chi connectivity index (χ1) is 17.5. The fraction of sp³-hybridized carbons (Fsp3) is 0.185. The Morgan fingerprint density at radius 1 is 0.972 bits per heavy atom. The molecular weight excluding hydrogens is 476 g/mol. The van der Waals surface area contributed by atoms with Gasteiger partial charge in [-0.3, -0.25) is 9.67 Å². The summed E-state index contributed by atoms with van der Waals surface area (Å²) in [6, 6.07) is 15.3. The number of phenolic OH excluding ortho intramolecular Hbond substituents is 1. The highest BCUT2D eigenvalue weighted by molar-refractivity contribution is 6.32. The summed E-state index contributed by atoms with van der Waals surface area (Å²) in [5.74, 6) is 0.170. The van der Waals surface area contributed by atoms with Gasteiger partial charge in [-0.15, -0.1) is 0 Å². The van der Waals surface area contributed by atoms with Gasteiger partial charge in [0.2, 0.25) is 0 Å². The Labute approximate surface area is 212 Å². The number of benzene rings is 3. The molecule has 0 unspecified atom stereocenters. The highest BCUT2D eigenvalue weighted by atomic mass is 35.5. The molecule has 0 spiro atoms. The van der Waals surface area contributed by atoms with Gasteiger partial charge in [-0.1, -0.05) is 35.9 Å². The van der Waals surface area contributed by atoms with Crippen molar-refractivity contribution in [2.75, 3.05) is 31.1 Å². The molecule has 182 valence electrons. The molecule has 0 radical (unpaired) electrons. The molecule has 3 heterocycles. The number of aromatic hydroxyl groups is 1. The monoisotopic (exact) mass is 500 g/mol. The molecule has 9 heteroatoms. The van der Waals surface area contributed by atoms with Crippen LogP contribution in [0.3, 0.4) is 0 Å². The molecule has 1 aliphatic rings. The molecule has 1 saturated heterocycles. The SMILES string of the molecule is Cn1ccn(-c2ccc(-c3cccc(-c4cc(N5CCNCC5)c5cn[nH]c5c4)c3O)cc2Cl)c1=O. The number of hydrogen-bond acceptors (Lipinski definition) is 5. The van der Waals surface area contributed by atoms with Crippen LogP contribution in [0.2, 0.25) is 5.02 Å². The molecule has 0 atom stereocenters. The van der Waals surface area contributed by atoms with E-state index in [-0.39, 0.29) is 11.4 Å². The summed E-state index contributed by atoms with van der Waals surface area (Å²) >= 11 is 6.59. The predicted molar refractivity (Wildman–Crippen MR) is 143 cm³/mol. The lowest BCUT2D eigenvalue weighted by atomic mass is 9.96. The molecule has 2 aromatic heterocycles. The number of piperazine rings is 1. The first-order valence-corrected chi connectivity index (χ1v) is 12.2. The number of halogens is 1. The molecular formula is C27H25ClN6O2. The molecule has 0 amide bonds. The maximum absolute atomic E-state index is 12.4. The van der Waals surface area contributed by atoms with Crippen LogP contribution in [-0.4, -0.2) is 50.6 Å². The molecule has 0 bridgehead atoms. The third kappa shape index (κ3) is 3.75. The summed E-state index contributed by atoms with van der Waals surface area (Å²) in [5.41, 5.74) is 5.48. The van der Waals surface area contributed by atoms with E-state index in [0.717, 1.165) is 59.5 Å². The molecule has 1 fully saturated rings. The largest absolute Gasteiger partial charge is 0.507 e. The average Bonchev–Trinajstić information content (AvgIpc) is 3.50. The molecule has 0 saturated carbocycles. The van der Waals surface area contributed by atoms with Crippen LogP contribution >= 0.6 is 11.6 Å². The Bertz CT molecular complexity index is 1640. The number of aromatic amines is 1. The van der Waals surface area contributed by atoms with Crippen molar-refractivity contribution in [1.29, 1.82) is 0 Å². The zero-order valence-electron chi connectivity index (χ0n) is 19.7. The highest BCUT2D eigenvalue weighted by Crippen LogP contribution is 2.41. The summed E-state index contributed by atoms with van der Waals surface area (Å²) < 4.78 is 2.99. The standard InChI is InChI=1S/C27H25ClN6O2/c1-32-11-12-34(27(32)36)24-6-5-17(13-22(24)28)19-3-2-4-20(26(19)35)18-14-23-21(16-30-31-23)25(15-18)33-9-7-29-8-10-33/h2-6,11-16,29,35H,7-10H2,1H3,(H,30,31). The number of nitrogens with zero attached hydrogens (tertiary/aromatic N) is 4. The molecule has 36 heavy (non-hydrogen) atoms. The summed E-state index contributed by atoms with van der Waals surface area (Å²) in [5, 5.41) is 23.6. The van der Waals surface area contributed by atoms with Crippen molar-refractivity contribution < 1.29 is 5.11 Å². The van der Waals surface area contributed by atoms with E-state index >= 15 is 0 Å². The number of H-pyrrole nitrogens is 1. The second-order valence-electron chi connectivity index (χ2n) is 8.99. The number of rotatable bonds is 4. The van der Waals surface area contributed by atoms with Gasteiger partial charge >= 0.3 is 5.69 Å². The van der Waals surface area contributed by atoms with Crippen molar-refractivity contribution >= 4 is 28.2 Å². The van der Waals surface area contributed by atoms with E-state index in [2.05, 4.69) is 26.5 Å². The van der Waals surface area contributed by atoms with Crippen LogP contribution in [0.15, 0.2) is 71.9 Å². The number of aromatic nitrogens is 4. The van der Waals surface area contributed by atoms with Gasteiger partial charge in [0.25, 0.3) is 0 Å². The predicted octanol–water partition coefficient (Wildman–Crippen LogP) is 4.15. The quantitative estimate of drug-likeness (QED) is 0.345. The van der Waals surface area contributed by atoms with Gasteiger partial charge < -0.3 is 19.9 Å². The van der Waals surface area contributed by atoms with E-state index in [0.29, 0.717) is 16.3 Å². The first kappa shape index (κ1) is 22.5. The van der Waals surface area contributed by atoms with Gasteiger partial charge in [-0.25, -0.2) is 4.79 Å². The van der Waals surface area contributed by atoms with Gasteiger partial charge in [0.05, 0.1) is 22.4 Å². The molecule has 8 nitrogen and oxygen atoms in total. The Morgan fingerprint density at radius 2 is 1.75 bits per heavy atom. The maximum atomic E-state index is 12.4. The lowest BCUT2D eigenvalue weighted by Gasteiger charge is -2.30. The Kier molecular flexibility index (Phi) is 5.55. The number of fused-ring (bicyclic) bond motifs is 1. The van der Waals surface area contributed by atoms with E-state index in [1.165, 1.54) is 9.13 Å². The van der Waals surface area contributed by atoms with E-state index in [4.69, 9.17) is 11.6 Å². The van der Waals surface area contributed by atoms with Crippen molar-refractivity contribution in [2.45, 2.75) is 0 Å². The first-order valence-electron chi connectivity index (χ1n) is 11.8. The van der Waals surface area contributed by atoms with Crippen molar-refractivity contribution in [2.24, 2.45) is 7.05 Å². The van der Waals surface area contributed by atoms with Gasteiger partial charge in [-0.2, -0.15) is 5.10 Å². The van der Waals surface area contributed by atoms with Gasteiger partial charge in [0.15, 0.2) is 0 Å². The smallest absolute Gasteiger partial charge is 0.332 e. The van der Waals surface area contributed by atoms with E-state index in [9.17, 15) is 9.90 Å². The van der Waals surface area contributed by atoms with Crippen molar-refractivity contribution in [3.63, 3.8) is 0 Å². The third-order valence-electron chi connectivity index (χ3n) is 6.81. The molecule has 5 aromatic rings. The molecule has 1 aliphatic heterocycles. The number of hydrogen-bond donors (Lipinski definition) is 3. The zero-order chi connectivity index (χ0) is 24.8. The second-order valence-corrected chi connectivity index (χ2v) is 9.40. The number of aryl methyl sites for hydroxylation is 1. The minimum absolute atomic E-state index is 0.170. The number of nitrogens with one attached hydrogen (secondary N) is 2. The second kappa shape index (κ2) is 8.89. The fourth-order valence-electron chi connectivity index (χ4n) is 4.88. The van der Waals surface area contributed by atoms with Crippen molar-refractivity contribution in [3.05, 3.63) is 82.6 Å². The van der Waals surface area contributed by atoms with E-state index in [1.54, 1.807) is 31.6 Å². The minimum Gasteiger partial charge on any atom is -0.507 e. The average molecular weight is 501 g/mol. The van der Waals surface area contributed by atoms with E-state index in [1.807, 2.05) is 36.5 Å². The van der Waals surface area contributed by atoms with Crippen LogP contribution in [-0.2, 0) is 7.05 Å². The summed E-state index contributed by atoms with van der Waals surface area (Å²) in [4.78, 5) is 14.7. The molecule has 3 N–H and O–H groups in total. The lowest BCUT2D eigenvalue weighted by molar-refractivity contribution is 0.479. The Hall–Kier alpha value is -4.01. The normalized spacial score (nSPS) is 14.0. The topological polar surface area (TPSA) is 91.1 Å². The van der Waals surface area contributed by atoms with Crippen LogP contribution in [0.1, 0.15) is 0 Å². The van der Waals surface area contributed by atoms with Crippen LogP contribution in [0, 0.1) is 0 Å². The van der Waals surface area contributed by atoms with E-state index < -0.39 is 0 Å². The minimum atomic E-state index is -0.177. The lowest BCUT2D eigenvalue weighted by Crippen LogP contribution is -2.43. The number of para-hydroxylation sites is 1. The number of imidazole rings is 1.